The van der Waals surface area contributed by atoms with Crippen LogP contribution in [0.25, 0.3) is 0 Å². The highest BCUT2D eigenvalue weighted by molar-refractivity contribution is 14.1. The van der Waals surface area contributed by atoms with Gasteiger partial charge in [-0.05, 0) is 93.0 Å². The zero-order valence-electron chi connectivity index (χ0n) is 19.6. The minimum atomic E-state index is -1.53. The number of hydrogen-bond acceptors (Lipinski definition) is 6. The number of ketones is 1. The molecule has 0 fully saturated rings. The molecule has 8 heteroatoms. The van der Waals surface area contributed by atoms with E-state index in [0.29, 0.717) is 5.56 Å². The lowest BCUT2D eigenvalue weighted by molar-refractivity contribution is -0.385. The van der Waals surface area contributed by atoms with Gasteiger partial charge in [-0.15, -0.1) is 0 Å². The Morgan fingerprint density at radius 3 is 2.27 bits per heavy atom. The van der Waals surface area contributed by atoms with Crippen molar-refractivity contribution in [3.05, 3.63) is 72.3 Å². The Morgan fingerprint density at radius 1 is 1.15 bits per heavy atom. The smallest absolute Gasteiger partial charge is 0.321 e. The van der Waals surface area contributed by atoms with Crippen LogP contribution in [0, 0.1) is 25.0 Å². The van der Waals surface area contributed by atoms with Gasteiger partial charge in [0.05, 0.1) is 22.1 Å². The summed E-state index contributed by atoms with van der Waals surface area (Å²) in [5, 5.41) is 21.0. The van der Waals surface area contributed by atoms with Crippen LogP contribution in [-0.2, 0) is 26.2 Å². The van der Waals surface area contributed by atoms with Crippen molar-refractivity contribution in [1.82, 2.24) is 0 Å². The molecule has 0 saturated heterocycles. The molecule has 0 N–H and O–H groups in total. The summed E-state index contributed by atoms with van der Waals surface area (Å²) in [7, 11) is 0. The number of rotatable bonds is 7. The fraction of sp³-hybridized carbons (Fsp3) is 0.400. The number of ether oxygens (including phenoxy) is 1. The van der Waals surface area contributed by atoms with Crippen molar-refractivity contribution >= 4 is 40.0 Å². The van der Waals surface area contributed by atoms with Crippen molar-refractivity contribution in [1.29, 1.82) is 5.26 Å². The topological polar surface area (TPSA) is 110 Å². The van der Waals surface area contributed by atoms with Gasteiger partial charge >= 0.3 is 5.97 Å². The number of esters is 1. The molecule has 0 heterocycles. The minimum absolute atomic E-state index is 0.0600. The van der Waals surface area contributed by atoms with Crippen molar-refractivity contribution in [2.24, 2.45) is 0 Å². The second kappa shape index (κ2) is 10.00. The third-order valence-electron chi connectivity index (χ3n) is 5.34. The Balaban J connectivity index is 2.70. The summed E-state index contributed by atoms with van der Waals surface area (Å²) in [6.07, 6.45) is 0.838. The summed E-state index contributed by atoms with van der Waals surface area (Å²) in [6, 6.07) is 11.3. The van der Waals surface area contributed by atoms with Crippen molar-refractivity contribution < 1.29 is 19.2 Å². The van der Waals surface area contributed by atoms with Gasteiger partial charge in [0.15, 0.2) is 5.78 Å². The van der Waals surface area contributed by atoms with Crippen molar-refractivity contribution in [3.63, 3.8) is 0 Å². The van der Waals surface area contributed by atoms with Gasteiger partial charge in [-0.25, -0.2) is 0 Å². The molecule has 174 valence electrons. The molecule has 0 bridgehead atoms. The van der Waals surface area contributed by atoms with Crippen molar-refractivity contribution in [3.8, 4) is 6.07 Å². The van der Waals surface area contributed by atoms with Crippen LogP contribution < -0.4 is 0 Å². The van der Waals surface area contributed by atoms with Crippen LogP contribution in [0.15, 0.2) is 36.4 Å². The monoisotopic (exact) mass is 562 g/mol. The molecule has 0 aromatic heterocycles. The van der Waals surface area contributed by atoms with Gasteiger partial charge in [0.25, 0.3) is 5.69 Å². The van der Waals surface area contributed by atoms with Crippen molar-refractivity contribution in [2.45, 2.75) is 64.9 Å². The average Bonchev–Trinajstić information content (AvgIpc) is 2.72. The predicted molar refractivity (Wildman–Crippen MR) is 133 cm³/mol. The third-order valence-corrected chi connectivity index (χ3v) is 6.35. The van der Waals surface area contributed by atoms with E-state index >= 15 is 0 Å². The van der Waals surface area contributed by atoms with Gasteiger partial charge in [0.2, 0.25) is 0 Å². The van der Waals surface area contributed by atoms with Gasteiger partial charge in [-0.3, -0.25) is 19.7 Å². The van der Waals surface area contributed by atoms with Crippen LogP contribution in [-0.4, -0.2) is 22.3 Å². The molecule has 2 rings (SSSR count). The number of aryl methyl sites for hydroxylation is 1. The van der Waals surface area contributed by atoms with Gasteiger partial charge in [-0.2, -0.15) is 5.26 Å². The number of carbonyl (C=O) groups is 2. The lowest BCUT2D eigenvalue weighted by Crippen LogP contribution is -2.40. The molecule has 0 spiro atoms. The first kappa shape index (κ1) is 26.5. The molecule has 1 atom stereocenters. The molecule has 0 amide bonds. The first-order chi connectivity index (χ1) is 15.2. The number of carbonyl (C=O) groups excluding carboxylic acids is 2. The fourth-order valence-electron chi connectivity index (χ4n) is 3.48. The molecular formula is C25H27IN2O5. The number of nitrogens with zero attached hydrogens (tertiary/aromatic N) is 2. The molecule has 2 aromatic rings. The van der Waals surface area contributed by atoms with Gasteiger partial charge in [0.1, 0.15) is 11.5 Å². The summed E-state index contributed by atoms with van der Waals surface area (Å²) in [6.45, 7) is 10.4. The molecular weight excluding hydrogens is 535 g/mol. The molecule has 0 saturated carbocycles. The molecule has 0 radical (unpaired) electrons. The van der Waals surface area contributed by atoms with E-state index < -0.39 is 39.3 Å². The lowest BCUT2D eigenvalue weighted by atomic mass is 9.73. The molecule has 2 aromatic carbocycles. The minimum Gasteiger partial charge on any atom is -0.459 e. The summed E-state index contributed by atoms with van der Waals surface area (Å²) in [5.41, 5.74) is -0.719. The first-order valence-corrected chi connectivity index (χ1v) is 11.5. The average molecular weight is 562 g/mol. The van der Waals surface area contributed by atoms with E-state index in [1.54, 1.807) is 34.6 Å². The van der Waals surface area contributed by atoms with Crippen LogP contribution >= 0.6 is 22.6 Å². The van der Waals surface area contributed by atoms with Crippen LogP contribution in [0.1, 0.15) is 69.7 Å². The van der Waals surface area contributed by atoms with E-state index in [4.69, 9.17) is 10.00 Å². The fourth-order valence-corrected chi connectivity index (χ4v) is 4.37. The van der Waals surface area contributed by atoms with E-state index in [9.17, 15) is 19.7 Å². The summed E-state index contributed by atoms with van der Waals surface area (Å²) >= 11 is 2.21. The Kier molecular flexibility index (Phi) is 8.01. The van der Waals surface area contributed by atoms with E-state index in [1.165, 1.54) is 12.1 Å². The van der Waals surface area contributed by atoms with E-state index in [1.807, 2.05) is 31.2 Å². The summed E-state index contributed by atoms with van der Waals surface area (Å²) in [4.78, 5) is 38.2. The highest BCUT2D eigenvalue weighted by atomic mass is 127. The SMILES string of the molecule is CCc1ccc(C(C)(C)C(=O)C(C(=O)OC(C)(C)C)c2ccc(C#N)cc2[N+](=O)[O-])cc1I. The maximum Gasteiger partial charge on any atom is 0.321 e. The standard InChI is InChI=1S/C25H27IN2O5/c1-7-16-9-10-17(13-19(16)26)25(5,6)22(29)21(23(30)33-24(2,3)4)18-11-8-15(14-27)12-20(18)28(31)32/h8-13,21H,7H2,1-6H3. The van der Waals surface area contributed by atoms with Gasteiger partial charge in [-0.1, -0.05) is 19.1 Å². The lowest BCUT2D eigenvalue weighted by Gasteiger charge is -2.30. The largest absolute Gasteiger partial charge is 0.459 e. The normalized spacial score (nSPS) is 12.5. The highest BCUT2D eigenvalue weighted by Gasteiger charge is 2.44. The summed E-state index contributed by atoms with van der Waals surface area (Å²) in [5.74, 6) is -2.92. The Labute approximate surface area is 207 Å². The van der Waals surface area contributed by atoms with Crippen LogP contribution in [0.4, 0.5) is 5.69 Å². The number of hydrogen-bond donors (Lipinski definition) is 0. The van der Waals surface area contributed by atoms with E-state index in [2.05, 4.69) is 22.6 Å². The highest BCUT2D eigenvalue weighted by Crippen LogP contribution is 2.38. The number of Topliss-reactive ketones (excluding diaryl/α,β-unsaturated/α-hetero) is 1. The Hall–Kier alpha value is -2.80. The maximum atomic E-state index is 13.9. The van der Waals surface area contributed by atoms with Crippen LogP contribution in [0.3, 0.4) is 0 Å². The molecule has 0 aliphatic heterocycles. The number of halogens is 1. The van der Waals surface area contributed by atoms with E-state index in [-0.39, 0.29) is 11.1 Å². The van der Waals surface area contributed by atoms with Gasteiger partial charge < -0.3 is 4.74 Å². The van der Waals surface area contributed by atoms with Crippen LogP contribution in [0.2, 0.25) is 0 Å². The van der Waals surface area contributed by atoms with Crippen LogP contribution in [0.5, 0.6) is 0 Å². The number of nitriles is 1. The number of nitro benzene ring substituents is 1. The third kappa shape index (κ3) is 5.96. The Bertz CT molecular complexity index is 1140. The summed E-state index contributed by atoms with van der Waals surface area (Å²) < 4.78 is 6.50. The van der Waals surface area contributed by atoms with Gasteiger partial charge in [0, 0.05) is 15.1 Å². The quantitative estimate of drug-likeness (QED) is 0.143. The zero-order chi connectivity index (χ0) is 25.1. The second-order valence-electron chi connectivity index (χ2n) is 9.26. The Morgan fingerprint density at radius 2 is 1.79 bits per heavy atom. The molecule has 1 unspecified atom stereocenters. The molecule has 7 nitrogen and oxygen atoms in total. The molecule has 0 aliphatic carbocycles. The number of benzene rings is 2. The van der Waals surface area contributed by atoms with Crippen molar-refractivity contribution in [2.75, 3.05) is 0 Å². The van der Waals surface area contributed by atoms with E-state index in [0.717, 1.165) is 21.6 Å². The number of nitro groups is 1. The molecule has 33 heavy (non-hydrogen) atoms. The first-order valence-electron chi connectivity index (χ1n) is 10.5. The predicted octanol–water partition coefficient (Wildman–Crippen LogP) is 5.61. The second-order valence-corrected chi connectivity index (χ2v) is 10.4. The zero-order valence-corrected chi connectivity index (χ0v) is 21.7. The maximum absolute atomic E-state index is 13.9. The molecule has 0 aliphatic rings.